The van der Waals surface area contributed by atoms with Gasteiger partial charge in [-0.1, -0.05) is 31.1 Å². The Balaban J connectivity index is 2.08. The quantitative estimate of drug-likeness (QED) is 0.684. The number of benzene rings is 1. The molecule has 0 fully saturated rings. The standard InChI is InChI=1S/C21H31N3O3/c1-6-24(7-2)14-10-11-15(3)22-21(25)19-16(4)23-27-20(19)17-12-8-9-13-18(17)26-5/h8-9,12-13,15H,6-7,10-11,14H2,1-5H3,(H,22,25). The van der Waals surface area contributed by atoms with E-state index in [0.717, 1.165) is 38.0 Å². The Bertz CT molecular complexity index is 738. The highest BCUT2D eigenvalue weighted by Crippen LogP contribution is 2.33. The maximum Gasteiger partial charge on any atom is 0.257 e. The summed E-state index contributed by atoms with van der Waals surface area (Å²) in [5, 5.41) is 7.09. The van der Waals surface area contributed by atoms with Crippen molar-refractivity contribution in [3.63, 3.8) is 0 Å². The predicted octanol–water partition coefficient (Wildman–Crippen LogP) is 3.90. The van der Waals surface area contributed by atoms with Crippen LogP contribution in [0.1, 0.15) is 49.7 Å². The lowest BCUT2D eigenvalue weighted by Gasteiger charge is -2.19. The van der Waals surface area contributed by atoms with Crippen LogP contribution >= 0.6 is 0 Å². The molecule has 1 aromatic heterocycles. The van der Waals surface area contributed by atoms with Crippen molar-refractivity contribution in [3.8, 4) is 17.1 Å². The van der Waals surface area contributed by atoms with E-state index in [9.17, 15) is 4.79 Å². The molecule has 0 aliphatic heterocycles. The Labute approximate surface area is 161 Å². The van der Waals surface area contributed by atoms with Gasteiger partial charge in [0.1, 0.15) is 11.3 Å². The number of aromatic nitrogens is 1. The van der Waals surface area contributed by atoms with Gasteiger partial charge in [-0.3, -0.25) is 4.79 Å². The average Bonchev–Trinajstić information content (AvgIpc) is 3.06. The molecule has 0 aliphatic rings. The highest BCUT2D eigenvalue weighted by Gasteiger charge is 2.24. The van der Waals surface area contributed by atoms with E-state index in [-0.39, 0.29) is 11.9 Å². The van der Waals surface area contributed by atoms with Crippen LogP contribution in [0, 0.1) is 6.92 Å². The highest BCUT2D eigenvalue weighted by atomic mass is 16.5. The molecule has 2 rings (SSSR count). The van der Waals surface area contributed by atoms with Gasteiger partial charge in [-0.15, -0.1) is 0 Å². The molecule has 6 heteroatoms. The number of rotatable bonds is 10. The molecule has 1 heterocycles. The first-order chi connectivity index (χ1) is 13.0. The lowest BCUT2D eigenvalue weighted by atomic mass is 10.0. The molecule has 0 saturated carbocycles. The van der Waals surface area contributed by atoms with Gasteiger partial charge < -0.3 is 19.5 Å². The Morgan fingerprint density at radius 2 is 2.00 bits per heavy atom. The van der Waals surface area contributed by atoms with Crippen LogP contribution in [0.2, 0.25) is 0 Å². The number of hydrogen-bond acceptors (Lipinski definition) is 5. The monoisotopic (exact) mass is 373 g/mol. The summed E-state index contributed by atoms with van der Waals surface area (Å²) in [4.78, 5) is 15.3. The third-order valence-electron chi connectivity index (χ3n) is 4.82. The molecule has 0 aliphatic carbocycles. The van der Waals surface area contributed by atoms with E-state index in [0.29, 0.717) is 22.8 Å². The van der Waals surface area contributed by atoms with Crippen molar-refractivity contribution >= 4 is 5.91 Å². The van der Waals surface area contributed by atoms with Crippen LogP contribution in [-0.4, -0.2) is 48.7 Å². The number of para-hydroxylation sites is 1. The molecule has 0 radical (unpaired) electrons. The number of hydrogen-bond donors (Lipinski definition) is 1. The zero-order valence-corrected chi connectivity index (χ0v) is 17.0. The molecule has 1 unspecified atom stereocenters. The number of amides is 1. The third-order valence-corrected chi connectivity index (χ3v) is 4.82. The number of carbonyl (C=O) groups excluding carboxylic acids is 1. The molecule has 148 valence electrons. The number of nitrogens with zero attached hydrogens (tertiary/aromatic N) is 2. The van der Waals surface area contributed by atoms with Gasteiger partial charge in [0.25, 0.3) is 5.91 Å². The van der Waals surface area contributed by atoms with Gasteiger partial charge >= 0.3 is 0 Å². The Hall–Kier alpha value is -2.34. The van der Waals surface area contributed by atoms with Gasteiger partial charge in [-0.05, 0) is 58.5 Å². The Morgan fingerprint density at radius 3 is 2.67 bits per heavy atom. The van der Waals surface area contributed by atoms with Crippen LogP contribution in [0.5, 0.6) is 5.75 Å². The molecule has 27 heavy (non-hydrogen) atoms. The Kier molecular flexibility index (Phi) is 7.85. The van der Waals surface area contributed by atoms with E-state index in [1.807, 2.05) is 31.2 Å². The SMILES string of the molecule is CCN(CC)CCCC(C)NC(=O)c1c(C)noc1-c1ccccc1OC. The van der Waals surface area contributed by atoms with Gasteiger partial charge in [-0.2, -0.15) is 0 Å². The largest absolute Gasteiger partial charge is 0.496 e. The number of aryl methyl sites for hydroxylation is 1. The summed E-state index contributed by atoms with van der Waals surface area (Å²) in [6, 6.07) is 7.54. The van der Waals surface area contributed by atoms with Crippen molar-refractivity contribution in [2.75, 3.05) is 26.7 Å². The first-order valence-corrected chi connectivity index (χ1v) is 9.64. The van der Waals surface area contributed by atoms with Crippen molar-refractivity contribution in [2.24, 2.45) is 0 Å². The molecule has 0 saturated heterocycles. The van der Waals surface area contributed by atoms with Gasteiger partial charge in [0.05, 0.1) is 18.4 Å². The van der Waals surface area contributed by atoms with Crippen LogP contribution in [0.4, 0.5) is 0 Å². The zero-order valence-electron chi connectivity index (χ0n) is 17.0. The van der Waals surface area contributed by atoms with E-state index in [2.05, 4.69) is 29.2 Å². The van der Waals surface area contributed by atoms with Gasteiger partial charge in [0.15, 0.2) is 5.76 Å². The van der Waals surface area contributed by atoms with Gasteiger partial charge in [-0.25, -0.2) is 0 Å². The van der Waals surface area contributed by atoms with E-state index in [4.69, 9.17) is 9.26 Å². The molecule has 0 spiro atoms. The lowest BCUT2D eigenvalue weighted by Crippen LogP contribution is -2.34. The molecule has 1 amide bonds. The van der Waals surface area contributed by atoms with E-state index >= 15 is 0 Å². The summed E-state index contributed by atoms with van der Waals surface area (Å²) in [7, 11) is 1.60. The normalized spacial score (nSPS) is 12.2. The second-order valence-corrected chi connectivity index (χ2v) is 6.72. The molecule has 6 nitrogen and oxygen atoms in total. The molecular weight excluding hydrogens is 342 g/mol. The predicted molar refractivity (Wildman–Crippen MR) is 107 cm³/mol. The van der Waals surface area contributed by atoms with Crippen molar-refractivity contribution in [1.82, 2.24) is 15.4 Å². The van der Waals surface area contributed by atoms with Crippen molar-refractivity contribution < 1.29 is 14.1 Å². The number of carbonyl (C=O) groups is 1. The fraction of sp³-hybridized carbons (Fsp3) is 0.524. The fourth-order valence-corrected chi connectivity index (χ4v) is 3.18. The lowest BCUT2D eigenvalue weighted by molar-refractivity contribution is 0.0937. The van der Waals surface area contributed by atoms with Crippen LogP contribution in [-0.2, 0) is 0 Å². The topological polar surface area (TPSA) is 67.6 Å². The summed E-state index contributed by atoms with van der Waals surface area (Å²) in [6.45, 7) is 11.3. The maximum absolute atomic E-state index is 12.9. The summed E-state index contributed by atoms with van der Waals surface area (Å²) in [5.41, 5.74) is 1.76. The van der Waals surface area contributed by atoms with E-state index in [1.54, 1.807) is 14.0 Å². The van der Waals surface area contributed by atoms with Crippen LogP contribution in [0.3, 0.4) is 0 Å². The minimum Gasteiger partial charge on any atom is -0.496 e. The maximum atomic E-state index is 12.9. The average molecular weight is 373 g/mol. The number of methoxy groups -OCH3 is 1. The smallest absolute Gasteiger partial charge is 0.257 e. The fourth-order valence-electron chi connectivity index (χ4n) is 3.18. The first-order valence-electron chi connectivity index (χ1n) is 9.64. The number of nitrogens with one attached hydrogen (secondary N) is 1. The zero-order chi connectivity index (χ0) is 19.8. The van der Waals surface area contributed by atoms with E-state index < -0.39 is 0 Å². The van der Waals surface area contributed by atoms with Crippen molar-refractivity contribution in [1.29, 1.82) is 0 Å². The molecule has 0 bridgehead atoms. The summed E-state index contributed by atoms with van der Waals surface area (Å²) in [6.07, 6.45) is 1.97. The second kappa shape index (κ2) is 10.1. The summed E-state index contributed by atoms with van der Waals surface area (Å²) in [5.74, 6) is 0.928. The first kappa shape index (κ1) is 21.0. The summed E-state index contributed by atoms with van der Waals surface area (Å²) >= 11 is 0. The van der Waals surface area contributed by atoms with Gasteiger partial charge in [0, 0.05) is 6.04 Å². The molecule has 1 N–H and O–H groups in total. The highest BCUT2D eigenvalue weighted by molar-refractivity contribution is 6.01. The van der Waals surface area contributed by atoms with Gasteiger partial charge in [0.2, 0.25) is 0 Å². The van der Waals surface area contributed by atoms with Crippen LogP contribution < -0.4 is 10.1 Å². The third kappa shape index (κ3) is 5.32. The van der Waals surface area contributed by atoms with E-state index in [1.165, 1.54) is 0 Å². The molecule has 1 aromatic carbocycles. The minimum atomic E-state index is -0.162. The minimum absolute atomic E-state index is 0.0767. The molecule has 2 aromatic rings. The van der Waals surface area contributed by atoms with Crippen LogP contribution in [0.25, 0.3) is 11.3 Å². The van der Waals surface area contributed by atoms with Crippen molar-refractivity contribution in [2.45, 2.75) is 46.6 Å². The molecule has 1 atom stereocenters. The Morgan fingerprint density at radius 1 is 1.30 bits per heavy atom. The number of ether oxygens (including phenoxy) is 1. The second-order valence-electron chi connectivity index (χ2n) is 6.72. The summed E-state index contributed by atoms with van der Waals surface area (Å²) < 4.78 is 10.9. The van der Waals surface area contributed by atoms with Crippen molar-refractivity contribution in [3.05, 3.63) is 35.5 Å². The molecular formula is C21H31N3O3. The van der Waals surface area contributed by atoms with Crippen LogP contribution in [0.15, 0.2) is 28.8 Å².